The molecule has 0 aromatic heterocycles. The van der Waals surface area contributed by atoms with E-state index in [-0.39, 0.29) is 17.0 Å². The Hall–Kier alpha value is -1.33. The number of rotatable bonds is 1. The van der Waals surface area contributed by atoms with Crippen molar-refractivity contribution in [3.8, 4) is 0 Å². The van der Waals surface area contributed by atoms with Crippen LogP contribution in [0.15, 0.2) is 18.2 Å². The summed E-state index contributed by atoms with van der Waals surface area (Å²) in [6.45, 7) is 2.83. The molecule has 1 heterocycles. The monoisotopic (exact) mass is 286 g/mol. The van der Waals surface area contributed by atoms with Gasteiger partial charge in [-0.2, -0.15) is 0 Å². The van der Waals surface area contributed by atoms with Gasteiger partial charge < -0.3 is 15.3 Å². The first-order valence-electron chi connectivity index (χ1n) is 6.16. The van der Waals surface area contributed by atoms with E-state index >= 15 is 0 Å². The lowest BCUT2D eigenvalue weighted by Gasteiger charge is -2.34. The number of anilines is 1. The number of aliphatic hydroxyl groups is 1. The predicted molar refractivity (Wildman–Crippen MR) is 71.8 cm³/mol. The first-order chi connectivity index (χ1) is 8.97. The lowest BCUT2D eigenvalue weighted by molar-refractivity contribution is 0.0464. The normalized spacial score (nSPS) is 23.3. The number of hydrogen-bond acceptors (Lipinski definition) is 2. The second kappa shape index (κ2) is 5.75. The summed E-state index contributed by atoms with van der Waals surface area (Å²) in [5, 5.41) is 12.4. The maximum absolute atomic E-state index is 13.2. The average molecular weight is 287 g/mol. The Balaban J connectivity index is 1.99. The Bertz CT molecular complexity index is 484. The molecule has 2 N–H and O–H groups in total. The van der Waals surface area contributed by atoms with Crippen molar-refractivity contribution in [2.75, 3.05) is 18.4 Å². The largest absolute Gasteiger partial charge is 0.391 e. The van der Waals surface area contributed by atoms with Crippen LogP contribution in [0.4, 0.5) is 14.9 Å². The molecule has 1 fully saturated rings. The average Bonchev–Trinajstić information content (AvgIpc) is 2.37. The fourth-order valence-electron chi connectivity index (χ4n) is 2.01. The smallest absolute Gasteiger partial charge is 0.321 e. The van der Waals surface area contributed by atoms with E-state index in [1.807, 2.05) is 6.92 Å². The maximum Gasteiger partial charge on any atom is 0.321 e. The third-order valence-electron chi connectivity index (χ3n) is 3.38. The summed E-state index contributed by atoms with van der Waals surface area (Å²) in [4.78, 5) is 13.5. The molecule has 104 valence electrons. The van der Waals surface area contributed by atoms with E-state index in [4.69, 9.17) is 11.6 Å². The Morgan fingerprint density at radius 1 is 1.58 bits per heavy atom. The second-order valence-electron chi connectivity index (χ2n) is 4.84. The van der Waals surface area contributed by atoms with Crippen LogP contribution in [0.5, 0.6) is 0 Å². The molecule has 19 heavy (non-hydrogen) atoms. The molecule has 0 saturated carbocycles. The van der Waals surface area contributed by atoms with E-state index < -0.39 is 11.9 Å². The number of carbonyl (C=O) groups excluding carboxylic acids is 1. The molecule has 2 rings (SSSR count). The fourth-order valence-corrected chi connectivity index (χ4v) is 2.13. The predicted octanol–water partition coefficient (Wildman–Crippen LogP) is 2.71. The van der Waals surface area contributed by atoms with Crippen molar-refractivity contribution in [1.29, 1.82) is 0 Å². The SMILES string of the molecule is CC1CCN(C(=O)Nc2ccc(Cl)c(F)c2)CC1O. The molecule has 2 unspecified atom stereocenters. The molecular weight excluding hydrogens is 271 g/mol. The number of β-amino-alcohol motifs (C(OH)–C–C–N with tert-alkyl or cyclic N) is 1. The summed E-state index contributed by atoms with van der Waals surface area (Å²) in [5.41, 5.74) is 0.347. The van der Waals surface area contributed by atoms with Crippen LogP contribution in [0.3, 0.4) is 0 Å². The van der Waals surface area contributed by atoms with Crippen molar-refractivity contribution < 1.29 is 14.3 Å². The summed E-state index contributed by atoms with van der Waals surface area (Å²) in [6, 6.07) is 3.75. The van der Waals surface area contributed by atoms with Gasteiger partial charge in [0.25, 0.3) is 0 Å². The van der Waals surface area contributed by atoms with Crippen LogP contribution in [0, 0.1) is 11.7 Å². The molecule has 1 aliphatic rings. The van der Waals surface area contributed by atoms with Gasteiger partial charge >= 0.3 is 6.03 Å². The third kappa shape index (κ3) is 3.36. The standard InChI is InChI=1S/C13H16ClFN2O2/c1-8-4-5-17(7-12(8)18)13(19)16-9-2-3-10(14)11(15)6-9/h2-3,6,8,12,18H,4-5,7H2,1H3,(H,16,19). The van der Waals surface area contributed by atoms with Crippen molar-refractivity contribution in [2.24, 2.45) is 5.92 Å². The van der Waals surface area contributed by atoms with Gasteiger partial charge in [-0.25, -0.2) is 9.18 Å². The van der Waals surface area contributed by atoms with Crippen LogP contribution < -0.4 is 5.32 Å². The number of likely N-dealkylation sites (tertiary alicyclic amines) is 1. The molecule has 2 atom stereocenters. The highest BCUT2D eigenvalue weighted by molar-refractivity contribution is 6.30. The Labute approximate surface area is 116 Å². The minimum Gasteiger partial charge on any atom is -0.391 e. The molecule has 1 saturated heterocycles. The number of urea groups is 1. The van der Waals surface area contributed by atoms with Gasteiger partial charge in [0, 0.05) is 18.8 Å². The summed E-state index contributed by atoms with van der Waals surface area (Å²) in [6.07, 6.45) is 0.241. The number of nitrogens with one attached hydrogen (secondary N) is 1. The highest BCUT2D eigenvalue weighted by atomic mass is 35.5. The number of aliphatic hydroxyl groups excluding tert-OH is 1. The van der Waals surface area contributed by atoms with Crippen LogP contribution in [0.25, 0.3) is 0 Å². The van der Waals surface area contributed by atoms with E-state index in [0.29, 0.717) is 18.8 Å². The van der Waals surface area contributed by atoms with Gasteiger partial charge in [-0.3, -0.25) is 0 Å². The summed E-state index contributed by atoms with van der Waals surface area (Å²) in [7, 11) is 0. The lowest BCUT2D eigenvalue weighted by Crippen LogP contribution is -2.47. The molecule has 2 amide bonds. The molecule has 4 nitrogen and oxygen atoms in total. The fraction of sp³-hybridized carbons (Fsp3) is 0.462. The van der Waals surface area contributed by atoms with Gasteiger partial charge in [0.05, 0.1) is 11.1 Å². The minimum atomic E-state index is -0.577. The molecule has 0 aliphatic carbocycles. The highest BCUT2D eigenvalue weighted by Crippen LogP contribution is 2.21. The van der Waals surface area contributed by atoms with Gasteiger partial charge in [-0.15, -0.1) is 0 Å². The molecule has 0 spiro atoms. The maximum atomic E-state index is 13.2. The van der Waals surface area contributed by atoms with Crippen LogP contribution >= 0.6 is 11.6 Å². The van der Waals surface area contributed by atoms with Gasteiger partial charge in [0.15, 0.2) is 0 Å². The Kier molecular flexibility index (Phi) is 4.27. The van der Waals surface area contributed by atoms with Crippen molar-refractivity contribution in [2.45, 2.75) is 19.4 Å². The van der Waals surface area contributed by atoms with Crippen LogP contribution in [0.1, 0.15) is 13.3 Å². The number of hydrogen-bond donors (Lipinski definition) is 2. The van der Waals surface area contributed by atoms with E-state index in [9.17, 15) is 14.3 Å². The van der Waals surface area contributed by atoms with Gasteiger partial charge in [0.1, 0.15) is 5.82 Å². The van der Waals surface area contributed by atoms with Crippen LogP contribution in [-0.2, 0) is 0 Å². The molecule has 0 bridgehead atoms. The summed E-state index contributed by atoms with van der Waals surface area (Å²) in [5.74, 6) is -0.385. The van der Waals surface area contributed by atoms with Gasteiger partial charge in [0.2, 0.25) is 0 Å². The van der Waals surface area contributed by atoms with Crippen molar-refractivity contribution in [3.63, 3.8) is 0 Å². The van der Waals surface area contributed by atoms with Gasteiger partial charge in [-0.05, 0) is 30.5 Å². The number of halogens is 2. The number of piperidine rings is 1. The topological polar surface area (TPSA) is 52.6 Å². The molecular formula is C13H16ClFN2O2. The van der Waals surface area contributed by atoms with E-state index in [1.54, 1.807) is 0 Å². The first-order valence-corrected chi connectivity index (χ1v) is 6.54. The van der Waals surface area contributed by atoms with Crippen molar-refractivity contribution >= 4 is 23.3 Å². The van der Waals surface area contributed by atoms with E-state index in [1.165, 1.54) is 23.1 Å². The number of carbonyl (C=O) groups is 1. The zero-order chi connectivity index (χ0) is 14.0. The zero-order valence-corrected chi connectivity index (χ0v) is 11.3. The van der Waals surface area contributed by atoms with E-state index in [2.05, 4.69) is 5.32 Å². The number of nitrogens with zero attached hydrogens (tertiary/aromatic N) is 1. The highest BCUT2D eigenvalue weighted by Gasteiger charge is 2.27. The Morgan fingerprint density at radius 2 is 2.32 bits per heavy atom. The van der Waals surface area contributed by atoms with Gasteiger partial charge in [-0.1, -0.05) is 18.5 Å². The van der Waals surface area contributed by atoms with Crippen LogP contribution in [-0.4, -0.2) is 35.2 Å². The number of amides is 2. The van der Waals surface area contributed by atoms with Crippen molar-refractivity contribution in [3.05, 3.63) is 29.0 Å². The molecule has 1 aromatic rings. The summed E-state index contributed by atoms with van der Waals surface area (Å²) >= 11 is 5.57. The van der Waals surface area contributed by atoms with Crippen molar-refractivity contribution in [1.82, 2.24) is 4.90 Å². The first kappa shape index (κ1) is 14.1. The Morgan fingerprint density at radius 3 is 2.95 bits per heavy atom. The lowest BCUT2D eigenvalue weighted by atomic mass is 9.96. The van der Waals surface area contributed by atoms with E-state index in [0.717, 1.165) is 6.42 Å². The molecule has 6 heteroatoms. The quantitative estimate of drug-likeness (QED) is 0.834. The summed E-state index contributed by atoms with van der Waals surface area (Å²) < 4.78 is 13.2. The van der Waals surface area contributed by atoms with Crippen LogP contribution in [0.2, 0.25) is 5.02 Å². The minimum absolute atomic E-state index is 0.0141. The number of benzene rings is 1. The third-order valence-corrected chi connectivity index (χ3v) is 3.68. The molecule has 1 aliphatic heterocycles. The molecule has 1 aromatic carbocycles. The second-order valence-corrected chi connectivity index (χ2v) is 5.25. The zero-order valence-electron chi connectivity index (χ0n) is 10.6. The molecule has 0 radical (unpaired) electrons.